The monoisotopic (exact) mass is 302 g/mol. The number of rotatable bonds is 5. The fourth-order valence-electron chi connectivity index (χ4n) is 4.63. The van der Waals surface area contributed by atoms with Gasteiger partial charge in [-0.3, -0.25) is 0 Å². The van der Waals surface area contributed by atoms with Crippen LogP contribution in [0.3, 0.4) is 0 Å². The van der Waals surface area contributed by atoms with Gasteiger partial charge in [-0.25, -0.2) is 0 Å². The van der Waals surface area contributed by atoms with Gasteiger partial charge in [-0.1, -0.05) is 64.8 Å². The molecule has 0 N–H and O–H groups in total. The Hall–Kier alpha value is -0.520. The number of allylic oxidation sites excluding steroid dienone is 4. The molecule has 0 aromatic heterocycles. The average Bonchev–Trinajstić information content (AvgIpc) is 2.45. The molecule has 0 aromatic rings. The zero-order chi connectivity index (χ0) is 16.2. The third-order valence-electron chi connectivity index (χ3n) is 5.70. The quantitative estimate of drug-likeness (QED) is 0.467. The molecule has 0 aromatic carbocycles. The average molecular weight is 303 g/mol. The Morgan fingerprint density at radius 1 is 1.18 bits per heavy atom. The maximum absolute atomic E-state index is 2.67. The molecule has 0 saturated heterocycles. The standard InChI is InChI=1S/C22H38/c1-18(2)13-16-22(14-9-6-10-15-22)20-12-8-7-11-19(20)17-21(3,4)5/h6,9,12,18-19H,7-8,10-11,13-17H2,1-5H3. The molecule has 22 heavy (non-hydrogen) atoms. The molecule has 2 atom stereocenters. The second-order valence-electron chi connectivity index (χ2n) is 9.48. The third-order valence-corrected chi connectivity index (χ3v) is 5.70. The van der Waals surface area contributed by atoms with E-state index in [0.717, 1.165) is 11.8 Å². The summed E-state index contributed by atoms with van der Waals surface area (Å²) in [5.41, 5.74) is 2.80. The van der Waals surface area contributed by atoms with Crippen molar-refractivity contribution in [2.24, 2.45) is 22.7 Å². The molecule has 2 aliphatic carbocycles. The van der Waals surface area contributed by atoms with Gasteiger partial charge in [0.25, 0.3) is 0 Å². The van der Waals surface area contributed by atoms with E-state index in [4.69, 9.17) is 0 Å². The highest BCUT2D eigenvalue weighted by atomic mass is 14.4. The summed E-state index contributed by atoms with van der Waals surface area (Å²) in [5.74, 6) is 1.67. The number of hydrogen-bond acceptors (Lipinski definition) is 0. The summed E-state index contributed by atoms with van der Waals surface area (Å²) >= 11 is 0. The van der Waals surface area contributed by atoms with Crippen LogP contribution >= 0.6 is 0 Å². The molecule has 2 unspecified atom stereocenters. The molecule has 0 bridgehead atoms. The smallest absolute Gasteiger partial charge is 0.00478 e. The molecule has 126 valence electrons. The zero-order valence-electron chi connectivity index (χ0n) is 15.8. The van der Waals surface area contributed by atoms with Gasteiger partial charge in [-0.05, 0) is 74.0 Å². The Kier molecular flexibility index (Phi) is 5.97. The van der Waals surface area contributed by atoms with Crippen LogP contribution in [0.1, 0.15) is 92.4 Å². The summed E-state index contributed by atoms with van der Waals surface area (Å²) in [5, 5.41) is 0. The van der Waals surface area contributed by atoms with Crippen LogP contribution in [-0.4, -0.2) is 0 Å². The lowest BCUT2D eigenvalue weighted by Crippen LogP contribution is -2.32. The Bertz CT molecular complexity index is 404. The minimum Gasteiger partial charge on any atom is -0.0885 e. The van der Waals surface area contributed by atoms with Crippen molar-refractivity contribution in [1.82, 2.24) is 0 Å². The van der Waals surface area contributed by atoms with Gasteiger partial charge in [-0.15, -0.1) is 0 Å². The van der Waals surface area contributed by atoms with E-state index in [1.54, 1.807) is 0 Å². The van der Waals surface area contributed by atoms with E-state index in [2.05, 4.69) is 52.8 Å². The Morgan fingerprint density at radius 3 is 2.55 bits per heavy atom. The van der Waals surface area contributed by atoms with Crippen molar-refractivity contribution in [2.45, 2.75) is 92.4 Å². The third kappa shape index (κ3) is 4.74. The summed E-state index contributed by atoms with van der Waals surface area (Å²) < 4.78 is 0. The molecule has 0 amide bonds. The normalized spacial score (nSPS) is 29.7. The molecule has 0 fully saturated rings. The first-order valence-electron chi connectivity index (χ1n) is 9.68. The molecule has 2 rings (SSSR count). The molecular weight excluding hydrogens is 264 g/mol. The van der Waals surface area contributed by atoms with Crippen LogP contribution in [-0.2, 0) is 0 Å². The molecule has 0 nitrogen and oxygen atoms in total. The van der Waals surface area contributed by atoms with Crippen LogP contribution < -0.4 is 0 Å². The molecule has 0 heterocycles. The fraction of sp³-hybridized carbons (Fsp3) is 0.818. The summed E-state index contributed by atoms with van der Waals surface area (Å²) in [4.78, 5) is 0. The van der Waals surface area contributed by atoms with E-state index in [-0.39, 0.29) is 0 Å². The van der Waals surface area contributed by atoms with Crippen molar-refractivity contribution >= 4 is 0 Å². The lowest BCUT2D eigenvalue weighted by Gasteiger charge is -2.44. The van der Waals surface area contributed by atoms with Gasteiger partial charge >= 0.3 is 0 Å². The van der Waals surface area contributed by atoms with E-state index in [1.165, 1.54) is 57.8 Å². The van der Waals surface area contributed by atoms with Crippen molar-refractivity contribution in [3.05, 3.63) is 23.8 Å². The van der Waals surface area contributed by atoms with Crippen LogP contribution in [0.5, 0.6) is 0 Å². The van der Waals surface area contributed by atoms with Gasteiger partial charge in [0.2, 0.25) is 0 Å². The van der Waals surface area contributed by atoms with Crippen molar-refractivity contribution in [3.63, 3.8) is 0 Å². The molecule has 0 heteroatoms. The molecule has 0 spiro atoms. The largest absolute Gasteiger partial charge is 0.0885 e. The first-order chi connectivity index (χ1) is 10.3. The van der Waals surface area contributed by atoms with E-state index in [1.807, 2.05) is 5.57 Å². The van der Waals surface area contributed by atoms with Crippen molar-refractivity contribution in [3.8, 4) is 0 Å². The van der Waals surface area contributed by atoms with Crippen LogP contribution in [0.2, 0.25) is 0 Å². The highest BCUT2D eigenvalue weighted by Gasteiger charge is 2.39. The van der Waals surface area contributed by atoms with Gasteiger partial charge in [0.05, 0.1) is 0 Å². The molecule has 0 aliphatic heterocycles. The maximum Gasteiger partial charge on any atom is -0.00478 e. The molecule has 2 aliphatic rings. The van der Waals surface area contributed by atoms with Crippen LogP contribution in [0.4, 0.5) is 0 Å². The van der Waals surface area contributed by atoms with Crippen LogP contribution in [0.15, 0.2) is 23.8 Å². The van der Waals surface area contributed by atoms with Crippen LogP contribution in [0.25, 0.3) is 0 Å². The molecule has 0 saturated carbocycles. The van der Waals surface area contributed by atoms with Gasteiger partial charge in [0.1, 0.15) is 0 Å². The van der Waals surface area contributed by atoms with Gasteiger partial charge in [0.15, 0.2) is 0 Å². The van der Waals surface area contributed by atoms with Gasteiger partial charge in [-0.2, -0.15) is 0 Å². The second kappa shape index (κ2) is 7.37. The summed E-state index contributed by atoms with van der Waals surface area (Å²) in [6.07, 6.45) is 19.8. The molecular formula is C22H38. The minimum absolute atomic E-state index is 0.449. The number of hydrogen-bond donors (Lipinski definition) is 0. The Labute approximate surface area is 139 Å². The summed E-state index contributed by atoms with van der Waals surface area (Å²) in [6, 6.07) is 0. The van der Waals surface area contributed by atoms with Crippen molar-refractivity contribution < 1.29 is 0 Å². The maximum atomic E-state index is 2.67. The predicted octanol–water partition coefficient (Wildman–Crippen LogP) is 7.31. The highest BCUT2D eigenvalue weighted by Crippen LogP contribution is 2.51. The SMILES string of the molecule is CC(C)CCC1(C2=CCCCC2CC(C)(C)C)CC=CCC1. The van der Waals surface area contributed by atoms with Crippen molar-refractivity contribution in [1.29, 1.82) is 0 Å². The van der Waals surface area contributed by atoms with E-state index in [0.29, 0.717) is 10.8 Å². The lowest BCUT2D eigenvalue weighted by atomic mass is 9.60. The fourth-order valence-corrected chi connectivity index (χ4v) is 4.63. The van der Waals surface area contributed by atoms with E-state index < -0.39 is 0 Å². The summed E-state index contributed by atoms with van der Waals surface area (Å²) in [7, 11) is 0. The Balaban J connectivity index is 2.23. The molecule has 0 radical (unpaired) electrons. The lowest BCUT2D eigenvalue weighted by molar-refractivity contribution is 0.206. The summed E-state index contributed by atoms with van der Waals surface area (Å²) in [6.45, 7) is 12.0. The van der Waals surface area contributed by atoms with Crippen molar-refractivity contribution in [2.75, 3.05) is 0 Å². The first-order valence-corrected chi connectivity index (χ1v) is 9.68. The topological polar surface area (TPSA) is 0 Å². The van der Waals surface area contributed by atoms with Crippen LogP contribution in [0, 0.1) is 22.7 Å². The highest BCUT2D eigenvalue weighted by molar-refractivity contribution is 5.24. The van der Waals surface area contributed by atoms with Gasteiger partial charge < -0.3 is 0 Å². The minimum atomic E-state index is 0.449. The first kappa shape index (κ1) is 17.8. The van der Waals surface area contributed by atoms with Gasteiger partial charge in [0, 0.05) is 0 Å². The van der Waals surface area contributed by atoms with E-state index >= 15 is 0 Å². The van der Waals surface area contributed by atoms with E-state index in [9.17, 15) is 0 Å². The predicted molar refractivity (Wildman–Crippen MR) is 99.0 cm³/mol. The Morgan fingerprint density at radius 2 is 1.95 bits per heavy atom. The second-order valence-corrected chi connectivity index (χ2v) is 9.48. The zero-order valence-corrected chi connectivity index (χ0v) is 15.8.